The molecule has 1 amide bonds. The molecule has 8 heteroatoms. The van der Waals surface area contributed by atoms with Crippen LogP contribution >= 0.6 is 11.6 Å². The van der Waals surface area contributed by atoms with Crippen LogP contribution in [0.15, 0.2) is 65.8 Å². The summed E-state index contributed by atoms with van der Waals surface area (Å²) in [4.78, 5) is 12.3. The molecule has 0 saturated carbocycles. The normalized spacial score (nSPS) is 10.5. The van der Waals surface area contributed by atoms with Gasteiger partial charge in [-0.15, -0.1) is 0 Å². The van der Waals surface area contributed by atoms with Gasteiger partial charge in [0.1, 0.15) is 18.4 Å². The van der Waals surface area contributed by atoms with Crippen LogP contribution in [0, 0.1) is 18.3 Å². The van der Waals surface area contributed by atoms with Gasteiger partial charge in [0.2, 0.25) is 0 Å². The molecule has 0 heterocycles. The number of nitriles is 1. The lowest BCUT2D eigenvalue weighted by atomic mass is 10.1. The Morgan fingerprint density at radius 1 is 1.09 bits per heavy atom. The summed E-state index contributed by atoms with van der Waals surface area (Å²) in [6.45, 7) is 2.21. The Balaban J connectivity index is 1.54. The van der Waals surface area contributed by atoms with Gasteiger partial charge >= 0.3 is 0 Å². The van der Waals surface area contributed by atoms with Gasteiger partial charge in [0.05, 0.1) is 13.3 Å². The van der Waals surface area contributed by atoms with Crippen LogP contribution in [0.2, 0.25) is 5.02 Å². The van der Waals surface area contributed by atoms with E-state index in [1.54, 1.807) is 36.4 Å². The van der Waals surface area contributed by atoms with Crippen molar-refractivity contribution in [3.05, 3.63) is 87.9 Å². The van der Waals surface area contributed by atoms with Crippen LogP contribution in [0.3, 0.4) is 0 Å². The lowest BCUT2D eigenvalue weighted by molar-refractivity contribution is 0.0955. The van der Waals surface area contributed by atoms with E-state index in [-0.39, 0.29) is 12.5 Å². The van der Waals surface area contributed by atoms with E-state index in [0.717, 1.165) is 16.9 Å². The van der Waals surface area contributed by atoms with Crippen LogP contribution in [0.4, 0.5) is 0 Å². The van der Waals surface area contributed by atoms with Crippen LogP contribution in [-0.4, -0.2) is 25.8 Å². The molecule has 0 aliphatic heterocycles. The maximum Gasteiger partial charge on any atom is 0.271 e. The molecule has 0 aliphatic rings. The molecule has 3 rings (SSSR count). The third-order valence-corrected chi connectivity index (χ3v) is 5.03. The second-order valence-electron chi connectivity index (χ2n) is 6.95. The minimum Gasteiger partial charge on any atom is -0.493 e. The Hall–Kier alpha value is -4.02. The zero-order valence-electron chi connectivity index (χ0n) is 18.2. The number of ether oxygens (including phenoxy) is 3. The van der Waals surface area contributed by atoms with E-state index in [0.29, 0.717) is 34.3 Å². The molecule has 1 N–H and O–H groups in total. The van der Waals surface area contributed by atoms with Gasteiger partial charge in [0, 0.05) is 10.6 Å². The summed E-state index contributed by atoms with van der Waals surface area (Å²) in [5, 5.41) is 13.3. The standard InChI is InChI=1S/C25H22ClN3O4/c1-17-13-21(8-9-22(17)26)33-16-18-3-6-20(7-4-18)25(30)29-28-15-19-5-10-23(32-12-11-27)24(14-19)31-2/h3-10,13-15H,12,16H2,1-2H3,(H,29,30)/b28-15+. The van der Waals surface area contributed by atoms with Gasteiger partial charge in [0.25, 0.3) is 5.91 Å². The lowest BCUT2D eigenvalue weighted by Gasteiger charge is -2.09. The first-order valence-corrected chi connectivity index (χ1v) is 10.4. The zero-order valence-corrected chi connectivity index (χ0v) is 18.9. The molecule has 0 aliphatic carbocycles. The molecule has 0 aromatic heterocycles. The van der Waals surface area contributed by atoms with E-state index in [1.165, 1.54) is 13.3 Å². The van der Waals surface area contributed by atoms with Crippen molar-refractivity contribution in [2.24, 2.45) is 5.10 Å². The Labute approximate surface area is 197 Å². The number of aryl methyl sites for hydroxylation is 1. The second-order valence-corrected chi connectivity index (χ2v) is 7.36. The molecular weight excluding hydrogens is 442 g/mol. The Morgan fingerprint density at radius 3 is 2.58 bits per heavy atom. The zero-order chi connectivity index (χ0) is 23.6. The van der Waals surface area contributed by atoms with Crippen LogP contribution in [0.25, 0.3) is 0 Å². The number of nitrogens with zero attached hydrogens (tertiary/aromatic N) is 2. The predicted octanol–water partition coefficient (Wildman–Crippen LogP) is 4.90. The maximum atomic E-state index is 12.3. The van der Waals surface area contributed by atoms with Crippen molar-refractivity contribution in [3.63, 3.8) is 0 Å². The van der Waals surface area contributed by atoms with E-state index in [1.807, 2.05) is 37.3 Å². The molecule has 3 aromatic rings. The smallest absolute Gasteiger partial charge is 0.271 e. The number of carbonyl (C=O) groups excluding carboxylic acids is 1. The Morgan fingerprint density at radius 2 is 1.88 bits per heavy atom. The fourth-order valence-electron chi connectivity index (χ4n) is 2.85. The number of hydrazone groups is 1. The maximum absolute atomic E-state index is 12.3. The fourth-order valence-corrected chi connectivity index (χ4v) is 2.97. The first-order valence-electron chi connectivity index (χ1n) is 9.99. The highest BCUT2D eigenvalue weighted by Crippen LogP contribution is 2.27. The van der Waals surface area contributed by atoms with Gasteiger partial charge in [-0.1, -0.05) is 23.7 Å². The third-order valence-electron chi connectivity index (χ3n) is 4.61. The molecular formula is C25H22ClN3O4. The minimum absolute atomic E-state index is 0.0778. The van der Waals surface area contributed by atoms with Crippen molar-refractivity contribution in [1.82, 2.24) is 5.43 Å². The monoisotopic (exact) mass is 463 g/mol. The van der Waals surface area contributed by atoms with Crippen molar-refractivity contribution < 1.29 is 19.0 Å². The number of hydrogen-bond acceptors (Lipinski definition) is 6. The number of carbonyl (C=O) groups is 1. The van der Waals surface area contributed by atoms with Crippen molar-refractivity contribution in [2.75, 3.05) is 13.7 Å². The number of benzene rings is 3. The molecule has 168 valence electrons. The number of nitrogens with one attached hydrogen (secondary N) is 1. The Kier molecular flexibility index (Phi) is 8.28. The molecule has 7 nitrogen and oxygen atoms in total. The quantitative estimate of drug-likeness (QED) is 0.360. The van der Waals surface area contributed by atoms with E-state index in [2.05, 4.69) is 10.5 Å². The molecule has 0 radical (unpaired) electrons. The fraction of sp³-hybridized carbons (Fsp3) is 0.160. The van der Waals surface area contributed by atoms with E-state index in [9.17, 15) is 4.79 Å². The van der Waals surface area contributed by atoms with Crippen molar-refractivity contribution in [2.45, 2.75) is 13.5 Å². The van der Waals surface area contributed by atoms with E-state index in [4.69, 9.17) is 31.1 Å². The summed E-state index contributed by atoms with van der Waals surface area (Å²) in [5.41, 5.74) is 5.53. The average Bonchev–Trinajstić information content (AvgIpc) is 2.84. The second kappa shape index (κ2) is 11.6. The molecule has 3 aromatic carbocycles. The largest absolute Gasteiger partial charge is 0.493 e. The average molecular weight is 464 g/mol. The van der Waals surface area contributed by atoms with Crippen LogP contribution in [0.5, 0.6) is 17.2 Å². The summed E-state index contributed by atoms with van der Waals surface area (Å²) in [6.07, 6.45) is 1.49. The van der Waals surface area contributed by atoms with E-state index >= 15 is 0 Å². The molecule has 33 heavy (non-hydrogen) atoms. The van der Waals surface area contributed by atoms with Crippen molar-refractivity contribution >= 4 is 23.7 Å². The number of rotatable bonds is 9. The highest BCUT2D eigenvalue weighted by molar-refractivity contribution is 6.31. The summed E-state index contributed by atoms with van der Waals surface area (Å²) in [5.74, 6) is 1.31. The topological polar surface area (TPSA) is 92.9 Å². The molecule has 0 bridgehead atoms. The van der Waals surface area contributed by atoms with E-state index < -0.39 is 0 Å². The molecule has 0 atom stereocenters. The highest BCUT2D eigenvalue weighted by Gasteiger charge is 2.07. The van der Waals surface area contributed by atoms with Crippen molar-refractivity contribution in [1.29, 1.82) is 5.26 Å². The van der Waals surface area contributed by atoms with Gasteiger partial charge in [-0.25, -0.2) is 5.43 Å². The van der Waals surface area contributed by atoms with Gasteiger partial charge in [-0.05, 0) is 72.1 Å². The summed E-state index contributed by atoms with van der Waals surface area (Å²) >= 11 is 6.03. The number of halogens is 1. The van der Waals surface area contributed by atoms with Crippen LogP contribution < -0.4 is 19.6 Å². The molecule has 0 unspecified atom stereocenters. The summed E-state index contributed by atoms with van der Waals surface area (Å²) in [7, 11) is 1.50. The summed E-state index contributed by atoms with van der Waals surface area (Å²) < 4.78 is 16.3. The minimum atomic E-state index is -0.340. The van der Waals surface area contributed by atoms with Crippen LogP contribution in [0.1, 0.15) is 27.0 Å². The summed E-state index contributed by atoms with van der Waals surface area (Å²) in [6, 6.07) is 19.6. The number of methoxy groups -OCH3 is 1. The first-order chi connectivity index (χ1) is 16.0. The first kappa shape index (κ1) is 23.6. The van der Waals surface area contributed by atoms with Crippen molar-refractivity contribution in [3.8, 4) is 23.3 Å². The third kappa shape index (κ3) is 6.73. The van der Waals surface area contributed by atoms with Crippen LogP contribution in [-0.2, 0) is 6.61 Å². The number of hydrogen-bond donors (Lipinski definition) is 1. The SMILES string of the molecule is COc1cc(/C=N/NC(=O)c2ccc(COc3ccc(Cl)c(C)c3)cc2)ccc1OCC#N. The lowest BCUT2D eigenvalue weighted by Crippen LogP contribution is -2.17. The Bertz CT molecular complexity index is 1190. The van der Waals surface area contributed by atoms with Gasteiger partial charge in [-0.3, -0.25) is 4.79 Å². The molecule has 0 fully saturated rings. The van der Waals surface area contributed by atoms with Gasteiger partial charge in [0.15, 0.2) is 18.1 Å². The number of amides is 1. The van der Waals surface area contributed by atoms with Gasteiger partial charge < -0.3 is 14.2 Å². The molecule has 0 saturated heterocycles. The van der Waals surface area contributed by atoms with Gasteiger partial charge in [-0.2, -0.15) is 10.4 Å². The predicted molar refractivity (Wildman–Crippen MR) is 126 cm³/mol. The molecule has 0 spiro atoms. The highest BCUT2D eigenvalue weighted by atomic mass is 35.5.